The van der Waals surface area contributed by atoms with Crippen LogP contribution in [0, 0.1) is 0 Å². The van der Waals surface area contributed by atoms with Gasteiger partial charge in [-0.2, -0.15) is 12.7 Å². The van der Waals surface area contributed by atoms with Crippen molar-refractivity contribution in [2.24, 2.45) is 0 Å². The van der Waals surface area contributed by atoms with Gasteiger partial charge in [-0.3, -0.25) is 0 Å². The van der Waals surface area contributed by atoms with Gasteiger partial charge in [-0.15, -0.1) is 0 Å². The molecule has 2 aromatic carbocycles. The summed E-state index contributed by atoms with van der Waals surface area (Å²) in [5.74, 6) is -1.08. The zero-order chi connectivity index (χ0) is 21.5. The van der Waals surface area contributed by atoms with Gasteiger partial charge < -0.3 is 10.2 Å². The molecule has 0 aliphatic carbocycles. The lowest BCUT2D eigenvalue weighted by molar-refractivity contribution is 0.0696. The van der Waals surface area contributed by atoms with Crippen molar-refractivity contribution in [1.82, 2.24) is 8.28 Å². The Kier molecular flexibility index (Phi) is 5.59. The van der Waals surface area contributed by atoms with Crippen LogP contribution in [-0.4, -0.2) is 46.0 Å². The zero-order valence-corrected chi connectivity index (χ0v) is 17.6. The number of halogens is 1. The third-order valence-corrected chi connectivity index (χ3v) is 7.49. The highest BCUT2D eigenvalue weighted by Crippen LogP contribution is 2.33. The number of carboxylic acid groups (broad SMARTS) is 1. The number of benzene rings is 2. The van der Waals surface area contributed by atoms with Gasteiger partial charge in [0, 0.05) is 23.5 Å². The number of fused-ring (bicyclic) bond motifs is 1. The fraction of sp³-hybridized carbons (Fsp3) is 0.286. The molecule has 1 atom stereocenters. The zero-order valence-electron chi connectivity index (χ0n) is 16.0. The molecule has 1 aromatic heterocycles. The van der Waals surface area contributed by atoms with Gasteiger partial charge in [0.15, 0.2) is 0 Å². The first-order chi connectivity index (χ1) is 14.3. The van der Waals surface area contributed by atoms with E-state index >= 15 is 0 Å². The lowest BCUT2D eigenvalue weighted by atomic mass is 10.0. The number of rotatable bonds is 5. The third-order valence-electron chi connectivity index (χ3n) is 5.37. The second-order valence-electron chi connectivity index (χ2n) is 7.33. The minimum atomic E-state index is -3.91. The van der Waals surface area contributed by atoms with Crippen molar-refractivity contribution in [2.45, 2.75) is 25.4 Å². The molecule has 2 heterocycles. The van der Waals surface area contributed by atoms with Crippen LogP contribution < -0.4 is 0 Å². The minimum absolute atomic E-state index is 0.0826. The molecule has 0 saturated carbocycles. The highest BCUT2D eigenvalue weighted by molar-refractivity contribution is 7.87. The summed E-state index contributed by atoms with van der Waals surface area (Å²) < 4.78 is 29.6. The van der Waals surface area contributed by atoms with Gasteiger partial charge in [0.25, 0.3) is 0 Å². The molecule has 0 spiro atoms. The van der Waals surface area contributed by atoms with Crippen molar-refractivity contribution in [3.05, 3.63) is 70.4 Å². The lowest BCUT2D eigenvalue weighted by Crippen LogP contribution is -2.40. The van der Waals surface area contributed by atoms with E-state index in [0.29, 0.717) is 34.6 Å². The van der Waals surface area contributed by atoms with Gasteiger partial charge in [0.2, 0.25) is 0 Å². The van der Waals surface area contributed by atoms with Gasteiger partial charge in [-0.05, 0) is 54.8 Å². The molecule has 0 bridgehead atoms. The number of aliphatic hydroxyl groups is 1. The van der Waals surface area contributed by atoms with E-state index in [-0.39, 0.29) is 11.3 Å². The summed E-state index contributed by atoms with van der Waals surface area (Å²) in [6.45, 7) is 0.858. The van der Waals surface area contributed by atoms with Gasteiger partial charge in [0.05, 0.1) is 16.8 Å². The van der Waals surface area contributed by atoms with E-state index in [1.54, 1.807) is 24.3 Å². The van der Waals surface area contributed by atoms with Crippen molar-refractivity contribution in [3.8, 4) is 0 Å². The van der Waals surface area contributed by atoms with Crippen LogP contribution in [0.15, 0.2) is 48.5 Å². The molecule has 0 amide bonds. The molecule has 1 aliphatic rings. The highest BCUT2D eigenvalue weighted by Gasteiger charge is 2.31. The van der Waals surface area contributed by atoms with Crippen LogP contribution >= 0.6 is 11.6 Å². The first-order valence-corrected chi connectivity index (χ1v) is 11.4. The van der Waals surface area contributed by atoms with E-state index in [0.717, 1.165) is 19.3 Å². The maximum atomic E-state index is 13.5. The molecule has 9 heteroatoms. The van der Waals surface area contributed by atoms with E-state index in [9.17, 15) is 18.3 Å². The normalized spacial score (nSPS) is 16.6. The van der Waals surface area contributed by atoms with Crippen molar-refractivity contribution in [3.63, 3.8) is 0 Å². The molecule has 1 aliphatic heterocycles. The van der Waals surface area contributed by atoms with Crippen molar-refractivity contribution in [2.75, 3.05) is 13.1 Å². The minimum Gasteiger partial charge on any atom is -0.478 e. The third kappa shape index (κ3) is 3.72. The Bertz CT molecular complexity index is 1200. The Balaban J connectivity index is 1.86. The Hall–Kier alpha value is -2.39. The Morgan fingerprint density at radius 2 is 1.67 bits per heavy atom. The maximum absolute atomic E-state index is 13.5. The van der Waals surface area contributed by atoms with Crippen LogP contribution in [-0.2, 0) is 10.2 Å². The number of carbonyl (C=O) groups is 1. The Labute approximate surface area is 179 Å². The average molecular weight is 449 g/mol. The van der Waals surface area contributed by atoms with Crippen LogP contribution in [0.4, 0.5) is 0 Å². The van der Waals surface area contributed by atoms with Crippen molar-refractivity contribution in [1.29, 1.82) is 0 Å². The maximum Gasteiger partial charge on any atom is 0.335 e. The molecule has 7 nitrogen and oxygen atoms in total. The molecule has 30 heavy (non-hydrogen) atoms. The molecule has 1 unspecified atom stereocenters. The largest absolute Gasteiger partial charge is 0.478 e. The van der Waals surface area contributed by atoms with Crippen molar-refractivity contribution < 1.29 is 23.4 Å². The summed E-state index contributed by atoms with van der Waals surface area (Å²) in [7, 11) is -3.91. The van der Waals surface area contributed by atoms with Gasteiger partial charge >= 0.3 is 16.2 Å². The fourth-order valence-electron chi connectivity index (χ4n) is 3.82. The summed E-state index contributed by atoms with van der Waals surface area (Å²) in [6, 6.07) is 12.2. The number of hydrogen-bond acceptors (Lipinski definition) is 4. The summed E-state index contributed by atoms with van der Waals surface area (Å²) in [5, 5.41) is 21.2. The van der Waals surface area contributed by atoms with Gasteiger partial charge in [-0.25, -0.2) is 8.77 Å². The van der Waals surface area contributed by atoms with Gasteiger partial charge in [-0.1, -0.05) is 30.2 Å². The molecule has 1 fully saturated rings. The van der Waals surface area contributed by atoms with E-state index in [1.807, 2.05) is 0 Å². The van der Waals surface area contributed by atoms with Crippen molar-refractivity contribution >= 4 is 38.7 Å². The smallest absolute Gasteiger partial charge is 0.335 e. The first-order valence-electron chi connectivity index (χ1n) is 9.62. The standard InChI is InChI=1S/C21H21ClN2O5S/c22-17-8-9-18-16(12-17)13-19(20(25)14-4-6-15(7-5-14)21(26)27)24(18)30(28,29)23-10-2-1-3-11-23/h4-9,12-13,20,25H,1-3,10-11H2,(H,26,27). The topological polar surface area (TPSA) is 99.8 Å². The molecule has 4 rings (SSSR count). The summed E-state index contributed by atoms with van der Waals surface area (Å²) in [6.07, 6.45) is 1.30. The Morgan fingerprint density at radius 3 is 2.30 bits per heavy atom. The second kappa shape index (κ2) is 8.03. The van der Waals surface area contributed by atoms with Gasteiger partial charge in [0.1, 0.15) is 6.10 Å². The second-order valence-corrected chi connectivity index (χ2v) is 9.55. The number of piperidine rings is 1. The predicted octanol–water partition coefficient (Wildman–Crippen LogP) is 3.65. The summed E-state index contributed by atoms with van der Waals surface area (Å²) in [4.78, 5) is 11.1. The number of aliphatic hydroxyl groups excluding tert-OH is 1. The first kappa shape index (κ1) is 20.9. The number of hydrogen-bond donors (Lipinski definition) is 2. The molecule has 3 aromatic rings. The monoisotopic (exact) mass is 448 g/mol. The lowest BCUT2D eigenvalue weighted by Gasteiger charge is -2.28. The van der Waals surface area contributed by atoms with Crippen LogP contribution in [0.1, 0.15) is 47.0 Å². The fourth-order valence-corrected chi connectivity index (χ4v) is 5.79. The van der Waals surface area contributed by atoms with E-state index < -0.39 is 22.3 Å². The average Bonchev–Trinajstić information content (AvgIpc) is 3.13. The molecular formula is C21H21ClN2O5S. The molecule has 158 valence electrons. The molecule has 1 saturated heterocycles. The van der Waals surface area contributed by atoms with Crippen LogP contribution in [0.3, 0.4) is 0 Å². The molecule has 2 N–H and O–H groups in total. The van der Waals surface area contributed by atoms with E-state index in [2.05, 4.69) is 0 Å². The Morgan fingerprint density at radius 1 is 1.00 bits per heavy atom. The molecular weight excluding hydrogens is 428 g/mol. The number of carboxylic acids is 1. The molecule has 0 radical (unpaired) electrons. The number of aromatic carboxylic acids is 1. The number of nitrogens with zero attached hydrogens (tertiary/aromatic N) is 2. The van der Waals surface area contributed by atoms with E-state index in [4.69, 9.17) is 16.7 Å². The predicted molar refractivity (Wildman–Crippen MR) is 114 cm³/mol. The summed E-state index contributed by atoms with van der Waals surface area (Å²) in [5.41, 5.74) is 1.09. The van der Waals surface area contributed by atoms with Crippen LogP contribution in [0.5, 0.6) is 0 Å². The highest BCUT2D eigenvalue weighted by atomic mass is 35.5. The van der Waals surface area contributed by atoms with Crippen LogP contribution in [0.25, 0.3) is 10.9 Å². The van der Waals surface area contributed by atoms with E-state index in [1.165, 1.54) is 32.5 Å². The SMILES string of the molecule is O=C(O)c1ccc(C(O)c2cc3cc(Cl)ccc3n2S(=O)(=O)N2CCCCC2)cc1. The number of aromatic nitrogens is 1. The summed E-state index contributed by atoms with van der Waals surface area (Å²) >= 11 is 6.10. The van der Waals surface area contributed by atoms with Crippen LogP contribution in [0.2, 0.25) is 5.02 Å². The quantitative estimate of drug-likeness (QED) is 0.620.